The van der Waals surface area contributed by atoms with Crippen molar-refractivity contribution in [1.29, 1.82) is 0 Å². The molecule has 3 heterocycles. The lowest BCUT2D eigenvalue weighted by atomic mass is 10.0. The monoisotopic (exact) mass is 741 g/mol. The Kier molecular flexibility index (Phi) is 7.20. The topological polar surface area (TPSA) is 22.3 Å². The average Bonchev–Trinajstić information content (AvgIpc) is 3.81. The van der Waals surface area contributed by atoms with Crippen LogP contribution in [0.15, 0.2) is 212 Å². The van der Waals surface area contributed by atoms with Crippen LogP contribution in [0, 0.1) is 0 Å². The van der Waals surface area contributed by atoms with Crippen LogP contribution >= 0.6 is 0 Å². The maximum atomic E-state index is 6.62. The first-order chi connectivity index (χ1) is 28.8. The summed E-state index contributed by atoms with van der Waals surface area (Å²) in [5.74, 6) is 1.74. The molecule has 0 bridgehead atoms. The van der Waals surface area contributed by atoms with Gasteiger partial charge in [0.05, 0.1) is 27.8 Å². The van der Waals surface area contributed by atoms with E-state index in [0.717, 1.165) is 67.6 Å². The Morgan fingerprint density at radius 2 is 0.897 bits per heavy atom. The van der Waals surface area contributed by atoms with E-state index in [1.807, 2.05) is 0 Å². The van der Waals surface area contributed by atoms with Gasteiger partial charge >= 0.3 is 0 Å². The van der Waals surface area contributed by atoms with Gasteiger partial charge in [-0.3, -0.25) is 0 Å². The van der Waals surface area contributed by atoms with Crippen molar-refractivity contribution in [1.82, 2.24) is 9.13 Å². The van der Waals surface area contributed by atoms with Gasteiger partial charge in [-0.05, 0) is 113 Å². The van der Waals surface area contributed by atoms with Gasteiger partial charge < -0.3 is 18.8 Å². The molecule has 0 amide bonds. The molecule has 0 saturated carbocycles. The molecule has 1 aliphatic rings. The number of fused-ring (bicyclic) bond motifs is 8. The van der Waals surface area contributed by atoms with E-state index in [0.29, 0.717) is 0 Å². The minimum Gasteiger partial charge on any atom is -0.453 e. The van der Waals surface area contributed by atoms with E-state index >= 15 is 0 Å². The number of nitrogens with zero attached hydrogens (tertiary/aromatic N) is 3. The normalized spacial score (nSPS) is 11.9. The summed E-state index contributed by atoms with van der Waals surface area (Å²) in [6, 6.07) is 76.1. The third kappa shape index (κ3) is 5.02. The van der Waals surface area contributed by atoms with Crippen molar-refractivity contribution >= 4 is 60.7 Å². The smallest absolute Gasteiger partial charge is 0.152 e. The first kappa shape index (κ1) is 32.4. The molecule has 4 heteroatoms. The molecule has 11 aromatic rings. The molecule has 0 aliphatic carbocycles. The van der Waals surface area contributed by atoms with E-state index in [-0.39, 0.29) is 0 Å². The number of anilines is 3. The van der Waals surface area contributed by atoms with Crippen LogP contribution in [0.5, 0.6) is 11.5 Å². The first-order valence-corrected chi connectivity index (χ1v) is 19.8. The predicted octanol–water partition coefficient (Wildman–Crippen LogP) is 14.8. The van der Waals surface area contributed by atoms with Gasteiger partial charge in [0.25, 0.3) is 0 Å². The van der Waals surface area contributed by atoms with Gasteiger partial charge in [-0.1, -0.05) is 121 Å². The lowest BCUT2D eigenvalue weighted by Crippen LogP contribution is -2.09. The summed E-state index contributed by atoms with van der Waals surface area (Å²) in [5.41, 5.74) is 14.8. The van der Waals surface area contributed by atoms with E-state index in [1.165, 1.54) is 38.2 Å². The van der Waals surface area contributed by atoms with E-state index in [2.05, 4.69) is 226 Å². The predicted molar refractivity (Wildman–Crippen MR) is 241 cm³/mol. The second kappa shape index (κ2) is 12.9. The van der Waals surface area contributed by atoms with Crippen LogP contribution in [0.1, 0.15) is 0 Å². The number of aromatic nitrogens is 2. The Labute approximate surface area is 335 Å². The molecule has 272 valence electrons. The van der Waals surface area contributed by atoms with Crippen molar-refractivity contribution in [3.05, 3.63) is 212 Å². The summed E-state index contributed by atoms with van der Waals surface area (Å²) < 4.78 is 11.4. The second-order valence-electron chi connectivity index (χ2n) is 15.0. The van der Waals surface area contributed by atoms with E-state index in [9.17, 15) is 0 Å². The summed E-state index contributed by atoms with van der Waals surface area (Å²) in [5, 5.41) is 4.85. The van der Waals surface area contributed by atoms with E-state index < -0.39 is 0 Å². The summed E-state index contributed by atoms with van der Waals surface area (Å²) in [6.07, 6.45) is 0. The van der Waals surface area contributed by atoms with Gasteiger partial charge in [0.1, 0.15) is 0 Å². The fourth-order valence-corrected chi connectivity index (χ4v) is 9.04. The van der Waals surface area contributed by atoms with Crippen LogP contribution in [0.3, 0.4) is 0 Å². The molecule has 0 N–H and O–H groups in total. The molecule has 0 unspecified atom stereocenters. The standard InChI is InChI=1S/C54H35N3O/c1-4-13-36(14-5-1)38-25-30-49-46(33-38)47-35-43(55(40-15-6-2-7-16-40)41-17-8-3-9-18-41)29-32-50(47)56(49)42-27-23-37(24-28-42)39-26-31-51-53(34-39)58-52-22-12-20-45-44-19-10-11-21-48(44)57(51)54(45)52/h1-35H. The summed E-state index contributed by atoms with van der Waals surface area (Å²) in [7, 11) is 0. The Bertz CT molecular complexity index is 3310. The molecular formula is C54H35N3O. The fourth-order valence-electron chi connectivity index (χ4n) is 9.04. The zero-order valence-corrected chi connectivity index (χ0v) is 31.5. The molecule has 4 nitrogen and oxygen atoms in total. The van der Waals surface area contributed by atoms with Crippen LogP contribution in [-0.4, -0.2) is 9.13 Å². The number of para-hydroxylation sites is 4. The van der Waals surface area contributed by atoms with Crippen molar-refractivity contribution in [2.24, 2.45) is 0 Å². The Morgan fingerprint density at radius 3 is 1.66 bits per heavy atom. The van der Waals surface area contributed by atoms with Gasteiger partial charge in [-0.15, -0.1) is 0 Å². The molecule has 0 saturated heterocycles. The van der Waals surface area contributed by atoms with Crippen LogP contribution < -0.4 is 9.64 Å². The molecule has 1 aliphatic heterocycles. The lowest BCUT2D eigenvalue weighted by molar-refractivity contribution is 0.476. The maximum absolute atomic E-state index is 6.62. The van der Waals surface area contributed by atoms with Gasteiger partial charge in [0, 0.05) is 44.3 Å². The fraction of sp³-hybridized carbons (Fsp3) is 0. The molecule has 58 heavy (non-hydrogen) atoms. The zero-order valence-electron chi connectivity index (χ0n) is 31.5. The van der Waals surface area contributed by atoms with Crippen molar-refractivity contribution in [2.75, 3.05) is 4.90 Å². The minimum absolute atomic E-state index is 0.857. The lowest BCUT2D eigenvalue weighted by Gasteiger charge is -2.25. The molecule has 0 spiro atoms. The molecule has 2 aromatic heterocycles. The molecule has 0 atom stereocenters. The molecule has 0 radical (unpaired) electrons. The Balaban J connectivity index is 0.983. The summed E-state index contributed by atoms with van der Waals surface area (Å²) >= 11 is 0. The van der Waals surface area contributed by atoms with Crippen molar-refractivity contribution in [2.45, 2.75) is 0 Å². The van der Waals surface area contributed by atoms with Gasteiger partial charge in [0.15, 0.2) is 11.5 Å². The third-order valence-corrected chi connectivity index (χ3v) is 11.7. The first-order valence-electron chi connectivity index (χ1n) is 19.8. The van der Waals surface area contributed by atoms with Crippen molar-refractivity contribution < 1.29 is 4.74 Å². The highest BCUT2D eigenvalue weighted by atomic mass is 16.5. The van der Waals surface area contributed by atoms with Crippen molar-refractivity contribution in [3.63, 3.8) is 0 Å². The molecule has 9 aromatic carbocycles. The van der Waals surface area contributed by atoms with Crippen LogP contribution in [0.4, 0.5) is 17.1 Å². The number of ether oxygens (including phenoxy) is 1. The van der Waals surface area contributed by atoms with Crippen LogP contribution in [0.25, 0.3) is 77.2 Å². The van der Waals surface area contributed by atoms with Gasteiger partial charge in [-0.2, -0.15) is 0 Å². The SMILES string of the molecule is c1ccc(-c2ccc3c(c2)c2cc(N(c4ccccc4)c4ccccc4)ccc2n3-c2ccc(-c3ccc4c(c3)Oc3cccc5c6ccccc6n-4c35)cc2)cc1. The second-order valence-corrected chi connectivity index (χ2v) is 15.0. The maximum Gasteiger partial charge on any atom is 0.152 e. The summed E-state index contributed by atoms with van der Waals surface area (Å²) in [4.78, 5) is 2.33. The number of hydrogen-bond donors (Lipinski definition) is 0. The third-order valence-electron chi connectivity index (χ3n) is 11.7. The van der Waals surface area contributed by atoms with E-state index in [1.54, 1.807) is 0 Å². The van der Waals surface area contributed by atoms with Gasteiger partial charge in [0.2, 0.25) is 0 Å². The minimum atomic E-state index is 0.857. The van der Waals surface area contributed by atoms with Gasteiger partial charge in [-0.25, -0.2) is 0 Å². The van der Waals surface area contributed by atoms with E-state index in [4.69, 9.17) is 4.74 Å². The zero-order chi connectivity index (χ0) is 38.2. The Morgan fingerprint density at radius 1 is 0.328 bits per heavy atom. The summed E-state index contributed by atoms with van der Waals surface area (Å²) in [6.45, 7) is 0. The molecule has 0 fully saturated rings. The number of rotatable bonds is 6. The highest BCUT2D eigenvalue weighted by Crippen LogP contribution is 2.47. The quantitative estimate of drug-likeness (QED) is 0.169. The average molecular weight is 742 g/mol. The highest BCUT2D eigenvalue weighted by Gasteiger charge is 2.24. The van der Waals surface area contributed by atoms with Crippen molar-refractivity contribution in [3.8, 4) is 45.1 Å². The van der Waals surface area contributed by atoms with Crippen LogP contribution in [0.2, 0.25) is 0 Å². The number of hydrogen-bond acceptors (Lipinski definition) is 2. The largest absolute Gasteiger partial charge is 0.453 e. The molecular weight excluding hydrogens is 707 g/mol. The molecule has 12 rings (SSSR count). The highest BCUT2D eigenvalue weighted by molar-refractivity contribution is 6.13. The Hall–Kier alpha value is -7.82. The van der Waals surface area contributed by atoms with Crippen LogP contribution in [-0.2, 0) is 0 Å². The number of benzene rings is 9.